The Morgan fingerprint density at radius 2 is 2.00 bits per heavy atom. The summed E-state index contributed by atoms with van der Waals surface area (Å²) >= 11 is 0. The third-order valence-corrected chi connectivity index (χ3v) is 5.54. The van der Waals surface area contributed by atoms with Gasteiger partial charge >= 0.3 is 0 Å². The first kappa shape index (κ1) is 16.3. The lowest BCUT2D eigenvalue weighted by molar-refractivity contribution is 0.0885. The Balaban J connectivity index is 1.34. The number of aromatic nitrogens is 2. The predicted molar refractivity (Wildman–Crippen MR) is 97.0 cm³/mol. The molecule has 1 atom stereocenters. The summed E-state index contributed by atoms with van der Waals surface area (Å²) in [4.78, 5) is 11.0. The molecule has 1 aromatic heterocycles. The van der Waals surface area contributed by atoms with Crippen molar-refractivity contribution in [1.82, 2.24) is 9.97 Å². The first-order chi connectivity index (χ1) is 12.3. The van der Waals surface area contributed by atoms with Gasteiger partial charge in [-0.1, -0.05) is 12.1 Å². The minimum Gasteiger partial charge on any atom is -0.497 e. The first-order valence-electron chi connectivity index (χ1n) is 9.03. The Kier molecular flexibility index (Phi) is 4.57. The van der Waals surface area contributed by atoms with Gasteiger partial charge in [0.2, 0.25) is 5.95 Å². The molecule has 0 amide bonds. The predicted octanol–water partition coefficient (Wildman–Crippen LogP) is 3.10. The molecule has 2 saturated heterocycles. The van der Waals surface area contributed by atoms with E-state index in [2.05, 4.69) is 33.1 Å². The molecule has 3 heterocycles. The van der Waals surface area contributed by atoms with Gasteiger partial charge in [-0.15, -0.1) is 0 Å². The molecule has 0 radical (unpaired) electrons. The van der Waals surface area contributed by atoms with Crippen LogP contribution in [0.2, 0.25) is 0 Å². The molecule has 1 aromatic carbocycles. The quantitative estimate of drug-likeness (QED) is 0.856. The molecule has 0 N–H and O–H groups in total. The van der Waals surface area contributed by atoms with Crippen molar-refractivity contribution in [3.8, 4) is 5.75 Å². The van der Waals surface area contributed by atoms with Crippen molar-refractivity contribution in [2.75, 3.05) is 31.7 Å². The van der Waals surface area contributed by atoms with Gasteiger partial charge in [0.15, 0.2) is 0 Å². The van der Waals surface area contributed by atoms with Crippen molar-refractivity contribution in [3.05, 3.63) is 48.3 Å². The van der Waals surface area contributed by atoms with Crippen molar-refractivity contribution >= 4 is 5.95 Å². The lowest BCUT2D eigenvalue weighted by atomic mass is 9.76. The molecule has 0 saturated carbocycles. The van der Waals surface area contributed by atoms with Crippen LogP contribution in [0.5, 0.6) is 5.75 Å². The third-order valence-electron chi connectivity index (χ3n) is 5.54. The van der Waals surface area contributed by atoms with Crippen LogP contribution >= 0.6 is 0 Å². The number of rotatable bonds is 4. The minimum atomic E-state index is 0.312. The maximum atomic E-state index is 6.17. The Bertz CT molecular complexity index is 699. The molecule has 132 valence electrons. The molecule has 1 unspecified atom stereocenters. The molecule has 2 fully saturated rings. The number of anilines is 1. The molecule has 5 nitrogen and oxygen atoms in total. The molecule has 0 aliphatic carbocycles. The van der Waals surface area contributed by atoms with Crippen molar-refractivity contribution in [2.45, 2.75) is 31.8 Å². The van der Waals surface area contributed by atoms with Crippen LogP contribution < -0.4 is 9.64 Å². The van der Waals surface area contributed by atoms with Crippen LogP contribution in [-0.4, -0.2) is 42.9 Å². The molecule has 2 aliphatic heterocycles. The number of benzene rings is 1. The number of methoxy groups -OCH3 is 1. The smallest absolute Gasteiger partial charge is 0.225 e. The van der Waals surface area contributed by atoms with E-state index in [1.165, 1.54) is 5.56 Å². The highest BCUT2D eigenvalue weighted by Gasteiger charge is 2.42. The van der Waals surface area contributed by atoms with E-state index in [-0.39, 0.29) is 0 Å². The summed E-state index contributed by atoms with van der Waals surface area (Å²) in [6, 6.07) is 10.2. The van der Waals surface area contributed by atoms with Crippen molar-refractivity contribution in [2.24, 2.45) is 5.41 Å². The molecule has 5 heteroatoms. The number of nitrogens with zero attached hydrogens (tertiary/aromatic N) is 3. The number of piperidine rings is 1. The second-order valence-electron chi connectivity index (χ2n) is 7.23. The third kappa shape index (κ3) is 3.61. The summed E-state index contributed by atoms with van der Waals surface area (Å²) in [5.74, 6) is 1.77. The van der Waals surface area contributed by atoms with Crippen LogP contribution in [0.25, 0.3) is 0 Å². The Hall–Kier alpha value is -2.14. The van der Waals surface area contributed by atoms with Crippen molar-refractivity contribution < 1.29 is 9.47 Å². The highest BCUT2D eigenvalue weighted by molar-refractivity contribution is 5.30. The van der Waals surface area contributed by atoms with Crippen LogP contribution in [0, 0.1) is 5.41 Å². The molecule has 2 aromatic rings. The monoisotopic (exact) mass is 339 g/mol. The fourth-order valence-corrected chi connectivity index (χ4v) is 4.07. The maximum absolute atomic E-state index is 6.17. The number of hydrogen-bond donors (Lipinski definition) is 0. The molecule has 2 aliphatic rings. The zero-order valence-corrected chi connectivity index (χ0v) is 14.7. The van der Waals surface area contributed by atoms with Gasteiger partial charge in [0.25, 0.3) is 0 Å². The standard InChI is InChI=1S/C20H25N3O2/c1-24-17-5-2-4-16(12-17)13-18-14-20(15-25-18)6-10-23(11-7-20)19-21-8-3-9-22-19/h2-5,8-9,12,18H,6-7,10-11,13-15H2,1H3. The van der Waals surface area contributed by atoms with Gasteiger partial charge in [-0.2, -0.15) is 0 Å². The topological polar surface area (TPSA) is 47.5 Å². The lowest BCUT2D eigenvalue weighted by Crippen LogP contribution is -2.41. The molecule has 0 bridgehead atoms. The van der Waals surface area contributed by atoms with Gasteiger partial charge in [-0.05, 0) is 54.9 Å². The van der Waals surface area contributed by atoms with Gasteiger partial charge in [0.05, 0.1) is 19.8 Å². The second-order valence-corrected chi connectivity index (χ2v) is 7.23. The Morgan fingerprint density at radius 1 is 1.20 bits per heavy atom. The Morgan fingerprint density at radius 3 is 2.76 bits per heavy atom. The van der Waals surface area contributed by atoms with Gasteiger partial charge in [0.1, 0.15) is 5.75 Å². The summed E-state index contributed by atoms with van der Waals surface area (Å²) in [6.45, 7) is 2.91. The molecular formula is C20H25N3O2. The SMILES string of the molecule is COc1cccc(CC2CC3(CCN(c4ncccn4)CC3)CO2)c1. The van der Waals surface area contributed by atoms with Gasteiger partial charge < -0.3 is 14.4 Å². The summed E-state index contributed by atoms with van der Waals surface area (Å²) in [5, 5.41) is 0. The second kappa shape index (κ2) is 7.00. The average Bonchev–Trinajstić information content (AvgIpc) is 3.05. The zero-order valence-electron chi connectivity index (χ0n) is 14.7. The van der Waals surface area contributed by atoms with Crippen LogP contribution in [0.1, 0.15) is 24.8 Å². The average molecular weight is 339 g/mol. The van der Waals surface area contributed by atoms with E-state index in [4.69, 9.17) is 9.47 Å². The minimum absolute atomic E-state index is 0.312. The maximum Gasteiger partial charge on any atom is 0.225 e. The van der Waals surface area contributed by atoms with E-state index in [9.17, 15) is 0 Å². The summed E-state index contributed by atoms with van der Waals surface area (Å²) in [5.41, 5.74) is 1.62. The molecule has 1 spiro atoms. The van der Waals surface area contributed by atoms with E-state index in [1.807, 2.05) is 24.5 Å². The normalized spacial score (nSPS) is 22.3. The van der Waals surface area contributed by atoms with E-state index < -0.39 is 0 Å². The van der Waals surface area contributed by atoms with E-state index in [0.29, 0.717) is 11.5 Å². The highest BCUT2D eigenvalue weighted by Crippen LogP contribution is 2.43. The van der Waals surface area contributed by atoms with Gasteiger partial charge in [-0.3, -0.25) is 0 Å². The van der Waals surface area contributed by atoms with Crippen LogP contribution in [0.15, 0.2) is 42.7 Å². The number of ether oxygens (including phenoxy) is 2. The van der Waals surface area contributed by atoms with Crippen molar-refractivity contribution in [3.63, 3.8) is 0 Å². The van der Waals surface area contributed by atoms with Gasteiger partial charge in [-0.25, -0.2) is 9.97 Å². The van der Waals surface area contributed by atoms with E-state index in [1.54, 1.807) is 7.11 Å². The molecule has 25 heavy (non-hydrogen) atoms. The van der Waals surface area contributed by atoms with E-state index >= 15 is 0 Å². The van der Waals surface area contributed by atoms with Crippen molar-refractivity contribution in [1.29, 1.82) is 0 Å². The lowest BCUT2D eigenvalue weighted by Gasteiger charge is -2.38. The van der Waals surface area contributed by atoms with E-state index in [0.717, 1.165) is 57.1 Å². The highest BCUT2D eigenvalue weighted by atomic mass is 16.5. The van der Waals surface area contributed by atoms with Crippen LogP contribution in [0.4, 0.5) is 5.95 Å². The zero-order chi connectivity index (χ0) is 17.1. The summed E-state index contributed by atoms with van der Waals surface area (Å²) in [7, 11) is 1.71. The van der Waals surface area contributed by atoms with Crippen LogP contribution in [0.3, 0.4) is 0 Å². The number of hydrogen-bond acceptors (Lipinski definition) is 5. The fraction of sp³-hybridized carbons (Fsp3) is 0.500. The summed E-state index contributed by atoms with van der Waals surface area (Å²) < 4.78 is 11.5. The Labute approximate surface area is 149 Å². The summed E-state index contributed by atoms with van der Waals surface area (Å²) in [6.07, 6.45) is 8.36. The molecular weight excluding hydrogens is 314 g/mol. The first-order valence-corrected chi connectivity index (χ1v) is 9.03. The largest absolute Gasteiger partial charge is 0.497 e. The van der Waals surface area contributed by atoms with Gasteiger partial charge in [0, 0.05) is 25.5 Å². The fourth-order valence-electron chi connectivity index (χ4n) is 4.07. The molecule has 4 rings (SSSR count). The van der Waals surface area contributed by atoms with Crippen LogP contribution in [-0.2, 0) is 11.2 Å².